The van der Waals surface area contributed by atoms with Crippen molar-refractivity contribution in [1.82, 2.24) is 26.6 Å². The van der Waals surface area contributed by atoms with Crippen LogP contribution in [0.3, 0.4) is 0 Å². The van der Waals surface area contributed by atoms with Gasteiger partial charge in [-0.05, 0) is 71.1 Å². The van der Waals surface area contributed by atoms with Gasteiger partial charge in [-0.1, -0.05) is 77.6 Å². The molecule has 5 amide bonds. The predicted molar refractivity (Wildman–Crippen MR) is 281 cm³/mol. The number of rotatable bonds is 53. The summed E-state index contributed by atoms with van der Waals surface area (Å²) in [6.45, 7) is 4.30. The van der Waals surface area contributed by atoms with E-state index in [2.05, 4.69) is 26.6 Å². The number of unbranched alkanes of at least 4 members (excludes halogenated alkanes) is 14. The number of carboxylic acids is 4. The molecular formula is C53H93N5O18. The molecule has 0 radical (unpaired) electrons. The molecule has 0 aliphatic heterocycles. The number of carbonyl (C=O) groups is 11. The Morgan fingerprint density at radius 3 is 1.37 bits per heavy atom. The molecular weight excluding hydrogens is 995 g/mol. The van der Waals surface area contributed by atoms with Crippen LogP contribution in [0.1, 0.15) is 189 Å². The number of Topliss-reactive ketones (excluding diaryl/α,β-unsaturated/α-hetero) is 2. The van der Waals surface area contributed by atoms with Crippen molar-refractivity contribution < 1.29 is 88.8 Å². The minimum atomic E-state index is -1.37. The molecule has 4 atom stereocenters. The monoisotopic (exact) mass is 1090 g/mol. The van der Waals surface area contributed by atoms with Gasteiger partial charge in [0.1, 0.15) is 31.1 Å². The zero-order valence-corrected chi connectivity index (χ0v) is 45.3. The van der Waals surface area contributed by atoms with Crippen molar-refractivity contribution in [2.24, 2.45) is 11.8 Å². The lowest BCUT2D eigenvalue weighted by Gasteiger charge is -2.16. The molecule has 23 heteroatoms. The normalized spacial score (nSPS) is 12.6. The molecule has 0 saturated heterocycles. The molecule has 0 rings (SSSR count). The van der Waals surface area contributed by atoms with Crippen LogP contribution in [0.15, 0.2) is 0 Å². The van der Waals surface area contributed by atoms with Gasteiger partial charge in [-0.25, -0.2) is 9.59 Å². The Bertz CT molecular complexity index is 1740. The van der Waals surface area contributed by atoms with Gasteiger partial charge in [0.15, 0.2) is 5.78 Å². The van der Waals surface area contributed by atoms with E-state index in [-0.39, 0.29) is 115 Å². The molecule has 9 N–H and O–H groups in total. The Kier molecular flexibility index (Phi) is 43.3. The van der Waals surface area contributed by atoms with Gasteiger partial charge in [-0.2, -0.15) is 0 Å². The highest BCUT2D eigenvalue weighted by molar-refractivity contribution is 5.87. The summed E-state index contributed by atoms with van der Waals surface area (Å²) in [6.07, 6.45) is 15.3. The van der Waals surface area contributed by atoms with E-state index < -0.39 is 72.5 Å². The number of hydrogen-bond acceptors (Lipinski definition) is 14. The predicted octanol–water partition coefficient (Wildman–Crippen LogP) is 4.88. The van der Waals surface area contributed by atoms with Gasteiger partial charge in [0.25, 0.3) is 0 Å². The summed E-state index contributed by atoms with van der Waals surface area (Å²) in [7, 11) is 0. The van der Waals surface area contributed by atoms with E-state index >= 15 is 0 Å². The van der Waals surface area contributed by atoms with Crippen molar-refractivity contribution in [3.63, 3.8) is 0 Å². The number of amides is 5. The third-order valence-electron chi connectivity index (χ3n) is 12.5. The van der Waals surface area contributed by atoms with Gasteiger partial charge in [0.05, 0.1) is 25.7 Å². The molecule has 0 aliphatic carbocycles. The van der Waals surface area contributed by atoms with Crippen molar-refractivity contribution >= 4 is 65.0 Å². The van der Waals surface area contributed by atoms with Crippen molar-refractivity contribution in [2.45, 2.75) is 199 Å². The maximum Gasteiger partial charge on any atom is 0.326 e. The molecule has 0 unspecified atom stereocenters. The first-order valence-electron chi connectivity index (χ1n) is 27.4. The highest BCUT2D eigenvalue weighted by Gasteiger charge is 2.26. The van der Waals surface area contributed by atoms with Crippen molar-refractivity contribution in [3.05, 3.63) is 0 Å². The third kappa shape index (κ3) is 43.7. The average molecular weight is 1090 g/mol. The molecule has 0 aromatic rings. The topological polar surface area (TPSA) is 357 Å². The lowest BCUT2D eigenvalue weighted by molar-refractivity contribution is -0.145. The SMILES string of the molecule is CC(=O)[C@@H](C)CCCCNC(=O)CC[C@H](NC(=O)CC[C@H](CC(=O)COCCOCCNC(=O)COCCCCCNC(=O)CC[C@H](NC(=O)CCCCCCCCCCCCCCC(=O)O)C(=O)O)C(=O)O)C(=O)O.[HH]. The molecule has 23 nitrogen and oxygen atoms in total. The summed E-state index contributed by atoms with van der Waals surface area (Å²) in [5, 5.41) is 50.2. The van der Waals surface area contributed by atoms with E-state index in [9.17, 15) is 68.1 Å². The molecule has 0 heterocycles. The Balaban J connectivity index is 0. The Morgan fingerprint density at radius 2 is 0.855 bits per heavy atom. The Labute approximate surface area is 449 Å². The van der Waals surface area contributed by atoms with Crippen LogP contribution in [0.5, 0.6) is 0 Å². The largest absolute Gasteiger partial charge is 0.481 e. The average Bonchev–Trinajstić information content (AvgIpc) is 3.36. The molecule has 0 spiro atoms. The summed E-state index contributed by atoms with van der Waals surface area (Å²) >= 11 is 0. The fourth-order valence-corrected chi connectivity index (χ4v) is 7.68. The molecule has 0 saturated carbocycles. The molecule has 0 aliphatic rings. The lowest BCUT2D eigenvalue weighted by atomic mass is 9.97. The number of ether oxygens (including phenoxy) is 3. The smallest absolute Gasteiger partial charge is 0.326 e. The minimum Gasteiger partial charge on any atom is -0.481 e. The van der Waals surface area contributed by atoms with Gasteiger partial charge in [0.2, 0.25) is 29.5 Å². The number of hydrogen-bond donors (Lipinski definition) is 9. The quantitative estimate of drug-likeness (QED) is 0.0366. The standard InChI is InChI=1S/C53H91N5O18.H2/c1-39(40(2)59)20-16-18-30-55-46(62)28-25-44(53(72)73)58-48(64)26-23-41(51(68)69)36-42(60)37-76-35-34-74-33-31-56-49(65)38-75-32-19-13-17-29-54-45(61)27-24-43(52(70)71)57-47(63)21-14-11-9-7-5-3-4-6-8-10-12-15-22-50(66)67;/h39,41,43-44H,3-38H2,1-2H3,(H,54,61)(H,55,62)(H,56,65)(H,57,63)(H,58,64)(H,66,67)(H,68,69)(H,70,71)(H,72,73);1H/t39-,41+,43-,44-;/m0./s1. The summed E-state index contributed by atoms with van der Waals surface area (Å²) in [4.78, 5) is 131. The molecule has 0 aromatic heterocycles. The Morgan fingerprint density at radius 1 is 0.408 bits per heavy atom. The summed E-state index contributed by atoms with van der Waals surface area (Å²) in [5.74, 6) is -8.43. The van der Waals surface area contributed by atoms with E-state index in [0.717, 1.165) is 70.6 Å². The minimum absolute atomic E-state index is 0. The van der Waals surface area contributed by atoms with Gasteiger partial charge < -0.3 is 61.2 Å². The van der Waals surface area contributed by atoms with Crippen LogP contribution < -0.4 is 26.6 Å². The fraction of sp³-hybridized carbons (Fsp3) is 0.792. The van der Waals surface area contributed by atoms with Gasteiger partial charge in [-0.3, -0.25) is 43.2 Å². The molecule has 0 bridgehead atoms. The maximum absolute atomic E-state index is 12.5. The van der Waals surface area contributed by atoms with Crippen LogP contribution in [-0.4, -0.2) is 157 Å². The summed E-state index contributed by atoms with van der Waals surface area (Å²) in [6, 6.07) is -2.52. The molecule has 438 valence electrons. The fourth-order valence-electron chi connectivity index (χ4n) is 7.68. The first-order valence-corrected chi connectivity index (χ1v) is 27.4. The lowest BCUT2D eigenvalue weighted by Crippen LogP contribution is -2.42. The van der Waals surface area contributed by atoms with Crippen molar-refractivity contribution in [1.29, 1.82) is 0 Å². The third-order valence-corrected chi connectivity index (χ3v) is 12.5. The van der Waals surface area contributed by atoms with Crippen LogP contribution in [0.25, 0.3) is 0 Å². The van der Waals surface area contributed by atoms with Crippen LogP contribution in [0, 0.1) is 11.8 Å². The first-order chi connectivity index (χ1) is 36.3. The zero-order chi connectivity index (χ0) is 56.8. The molecule has 76 heavy (non-hydrogen) atoms. The zero-order valence-electron chi connectivity index (χ0n) is 45.3. The molecule has 0 fully saturated rings. The van der Waals surface area contributed by atoms with Gasteiger partial charge in [0, 0.05) is 72.1 Å². The van der Waals surface area contributed by atoms with Crippen molar-refractivity contribution in [2.75, 3.05) is 59.3 Å². The van der Waals surface area contributed by atoms with Crippen LogP contribution >= 0.6 is 0 Å². The van der Waals surface area contributed by atoms with Gasteiger partial charge in [-0.15, -0.1) is 0 Å². The highest BCUT2D eigenvalue weighted by atomic mass is 16.5. The molecule has 0 aromatic carbocycles. The number of ketones is 2. The number of carboxylic acid groups (broad SMARTS) is 4. The second kappa shape index (κ2) is 46.7. The van der Waals surface area contributed by atoms with E-state index in [0.29, 0.717) is 58.2 Å². The summed E-state index contributed by atoms with van der Waals surface area (Å²) < 4.78 is 16.0. The van der Waals surface area contributed by atoms with Crippen molar-refractivity contribution in [3.8, 4) is 0 Å². The summed E-state index contributed by atoms with van der Waals surface area (Å²) in [5.41, 5.74) is 0. The number of carbonyl (C=O) groups excluding carboxylic acids is 7. The highest BCUT2D eigenvalue weighted by Crippen LogP contribution is 2.15. The van der Waals surface area contributed by atoms with E-state index in [1.807, 2.05) is 6.92 Å². The number of nitrogens with one attached hydrogen (secondary N) is 5. The van der Waals surface area contributed by atoms with Crippen LogP contribution in [0.4, 0.5) is 0 Å². The van der Waals surface area contributed by atoms with Crippen LogP contribution in [-0.2, 0) is 67.0 Å². The maximum atomic E-state index is 12.5. The first kappa shape index (κ1) is 70.5. The Hall–Kier alpha value is -5.55. The second-order valence-electron chi connectivity index (χ2n) is 19.3. The second-order valence-corrected chi connectivity index (χ2v) is 19.3. The van der Waals surface area contributed by atoms with E-state index in [1.54, 1.807) is 0 Å². The van der Waals surface area contributed by atoms with E-state index in [4.69, 9.17) is 19.3 Å². The van der Waals surface area contributed by atoms with Gasteiger partial charge >= 0.3 is 23.9 Å². The van der Waals surface area contributed by atoms with E-state index in [1.165, 1.54) is 13.3 Å². The number of aliphatic carboxylic acids is 4. The van der Waals surface area contributed by atoms with Crippen LogP contribution in [0.2, 0.25) is 0 Å².